The summed E-state index contributed by atoms with van der Waals surface area (Å²) in [7, 11) is 0. The van der Waals surface area contributed by atoms with E-state index in [1.54, 1.807) is 18.3 Å². The van der Waals surface area contributed by atoms with Crippen molar-refractivity contribution in [2.45, 2.75) is 0 Å². The molecule has 2 aromatic carbocycles. The van der Waals surface area contributed by atoms with Gasteiger partial charge in [0.25, 0.3) is 0 Å². The molecule has 0 heterocycles. The van der Waals surface area contributed by atoms with E-state index < -0.39 is 0 Å². The highest BCUT2D eigenvalue weighted by molar-refractivity contribution is 9.10. The highest BCUT2D eigenvalue weighted by Crippen LogP contribution is 2.14. The van der Waals surface area contributed by atoms with Crippen LogP contribution in [0.5, 0.6) is 0 Å². The van der Waals surface area contributed by atoms with E-state index in [2.05, 4.69) is 20.9 Å². The molecule has 0 aliphatic heterocycles. The molecular weight excluding hydrogens is 269 g/mol. The van der Waals surface area contributed by atoms with Crippen molar-refractivity contribution in [3.8, 4) is 0 Å². The van der Waals surface area contributed by atoms with E-state index in [1.807, 2.05) is 24.3 Å². The van der Waals surface area contributed by atoms with Gasteiger partial charge in [-0.2, -0.15) is 0 Å². The summed E-state index contributed by atoms with van der Waals surface area (Å²) < 4.78 is 13.9. The molecule has 16 heavy (non-hydrogen) atoms. The molecule has 0 radical (unpaired) electrons. The minimum absolute atomic E-state index is 0.273. The van der Waals surface area contributed by atoms with Crippen LogP contribution >= 0.6 is 15.9 Å². The van der Waals surface area contributed by atoms with Crippen LogP contribution in [0.2, 0.25) is 0 Å². The Bertz CT molecular complexity index is 506. The van der Waals surface area contributed by atoms with Gasteiger partial charge < -0.3 is 0 Å². The van der Waals surface area contributed by atoms with Gasteiger partial charge in [0.05, 0.1) is 5.69 Å². The molecule has 0 aliphatic carbocycles. The fraction of sp³-hybridized carbons (Fsp3) is 0. The van der Waals surface area contributed by atoms with Crippen LogP contribution in [0, 0.1) is 5.82 Å². The zero-order valence-corrected chi connectivity index (χ0v) is 9.99. The fourth-order valence-electron chi connectivity index (χ4n) is 1.25. The number of benzene rings is 2. The average Bonchev–Trinajstić information content (AvgIpc) is 2.28. The number of rotatable bonds is 2. The van der Waals surface area contributed by atoms with E-state index in [-0.39, 0.29) is 5.82 Å². The Balaban J connectivity index is 2.18. The largest absolute Gasteiger partial charge is 0.256 e. The number of hydrogen-bond donors (Lipinski definition) is 0. The molecule has 2 rings (SSSR count). The van der Waals surface area contributed by atoms with E-state index >= 15 is 0 Å². The molecule has 0 atom stereocenters. The third kappa shape index (κ3) is 3.00. The summed E-state index contributed by atoms with van der Waals surface area (Å²) in [5, 5.41) is 0. The van der Waals surface area contributed by atoms with Gasteiger partial charge in [-0.05, 0) is 35.9 Å². The van der Waals surface area contributed by atoms with Crippen molar-refractivity contribution >= 4 is 27.8 Å². The van der Waals surface area contributed by atoms with Crippen LogP contribution in [0.25, 0.3) is 0 Å². The molecule has 80 valence electrons. The van der Waals surface area contributed by atoms with Crippen molar-refractivity contribution in [3.63, 3.8) is 0 Å². The van der Waals surface area contributed by atoms with Gasteiger partial charge in [-0.3, -0.25) is 4.99 Å². The molecule has 0 saturated heterocycles. The van der Waals surface area contributed by atoms with Crippen LogP contribution in [0.15, 0.2) is 58.0 Å². The van der Waals surface area contributed by atoms with Gasteiger partial charge in [0.1, 0.15) is 5.82 Å². The summed E-state index contributed by atoms with van der Waals surface area (Å²) in [5.41, 5.74) is 1.59. The molecule has 0 unspecified atom stereocenters. The maximum Gasteiger partial charge on any atom is 0.125 e. The summed E-state index contributed by atoms with van der Waals surface area (Å²) in [5.74, 6) is -0.273. The SMILES string of the molecule is Fc1cccc(N=Cc2ccc(Br)cc2)c1. The number of halogens is 2. The van der Waals surface area contributed by atoms with Crippen LogP contribution < -0.4 is 0 Å². The molecule has 3 heteroatoms. The van der Waals surface area contributed by atoms with Crippen LogP contribution in [-0.2, 0) is 0 Å². The molecule has 0 spiro atoms. The molecular formula is C13H9BrFN. The second-order valence-electron chi connectivity index (χ2n) is 3.29. The summed E-state index contributed by atoms with van der Waals surface area (Å²) in [6.45, 7) is 0. The summed E-state index contributed by atoms with van der Waals surface area (Å²) in [6, 6.07) is 14.0. The summed E-state index contributed by atoms with van der Waals surface area (Å²) >= 11 is 3.36. The monoisotopic (exact) mass is 277 g/mol. The van der Waals surface area contributed by atoms with Gasteiger partial charge >= 0.3 is 0 Å². The van der Waals surface area contributed by atoms with Gasteiger partial charge in [0, 0.05) is 10.7 Å². The van der Waals surface area contributed by atoms with Gasteiger partial charge in [-0.1, -0.05) is 34.1 Å². The van der Waals surface area contributed by atoms with Crippen molar-refractivity contribution in [2.24, 2.45) is 4.99 Å². The van der Waals surface area contributed by atoms with E-state index in [4.69, 9.17) is 0 Å². The van der Waals surface area contributed by atoms with Gasteiger partial charge in [0.2, 0.25) is 0 Å². The molecule has 0 amide bonds. The second kappa shape index (κ2) is 5.03. The maximum absolute atomic E-state index is 12.9. The van der Waals surface area contributed by atoms with E-state index in [1.165, 1.54) is 12.1 Å². The lowest BCUT2D eigenvalue weighted by Crippen LogP contribution is -1.79. The number of nitrogens with zero attached hydrogens (tertiary/aromatic N) is 1. The molecule has 0 aromatic heterocycles. The van der Waals surface area contributed by atoms with Crippen molar-refractivity contribution in [1.82, 2.24) is 0 Å². The second-order valence-corrected chi connectivity index (χ2v) is 4.21. The van der Waals surface area contributed by atoms with Crippen molar-refractivity contribution in [2.75, 3.05) is 0 Å². The summed E-state index contributed by atoms with van der Waals surface area (Å²) in [6.07, 6.45) is 1.71. The first-order valence-corrected chi connectivity index (χ1v) is 5.58. The standard InChI is InChI=1S/C13H9BrFN/c14-11-6-4-10(5-7-11)9-16-13-3-1-2-12(15)8-13/h1-9H. The molecule has 2 aromatic rings. The Hall–Kier alpha value is -1.48. The first-order chi connectivity index (χ1) is 7.74. The summed E-state index contributed by atoms with van der Waals surface area (Å²) in [4.78, 5) is 4.19. The third-order valence-corrected chi connectivity index (χ3v) is 2.57. The Labute approximate surface area is 102 Å². The van der Waals surface area contributed by atoms with E-state index in [0.29, 0.717) is 5.69 Å². The lowest BCUT2D eigenvalue weighted by atomic mass is 10.2. The third-order valence-electron chi connectivity index (χ3n) is 2.04. The highest BCUT2D eigenvalue weighted by Gasteiger charge is 1.92. The van der Waals surface area contributed by atoms with Crippen LogP contribution in [0.4, 0.5) is 10.1 Å². The molecule has 0 N–H and O–H groups in total. The first-order valence-electron chi connectivity index (χ1n) is 4.79. The van der Waals surface area contributed by atoms with Crippen LogP contribution in [-0.4, -0.2) is 6.21 Å². The lowest BCUT2D eigenvalue weighted by molar-refractivity contribution is 0.628. The predicted octanol–water partition coefficient (Wildman–Crippen LogP) is 4.34. The number of hydrogen-bond acceptors (Lipinski definition) is 1. The van der Waals surface area contributed by atoms with E-state index in [0.717, 1.165) is 10.0 Å². The minimum atomic E-state index is -0.273. The Kier molecular flexibility index (Phi) is 3.47. The maximum atomic E-state index is 12.9. The van der Waals surface area contributed by atoms with Crippen molar-refractivity contribution in [1.29, 1.82) is 0 Å². The average molecular weight is 278 g/mol. The van der Waals surface area contributed by atoms with Crippen LogP contribution in [0.1, 0.15) is 5.56 Å². The highest BCUT2D eigenvalue weighted by atomic mass is 79.9. The topological polar surface area (TPSA) is 12.4 Å². The van der Waals surface area contributed by atoms with Gasteiger partial charge in [-0.25, -0.2) is 4.39 Å². The quantitative estimate of drug-likeness (QED) is 0.725. The van der Waals surface area contributed by atoms with Gasteiger partial charge in [0.15, 0.2) is 0 Å². The molecule has 0 bridgehead atoms. The van der Waals surface area contributed by atoms with E-state index in [9.17, 15) is 4.39 Å². The Morgan fingerprint density at radius 2 is 1.81 bits per heavy atom. The molecule has 1 nitrogen and oxygen atoms in total. The Morgan fingerprint density at radius 1 is 1.06 bits per heavy atom. The molecule has 0 aliphatic rings. The van der Waals surface area contributed by atoms with Crippen molar-refractivity contribution < 1.29 is 4.39 Å². The van der Waals surface area contributed by atoms with Crippen molar-refractivity contribution in [3.05, 3.63) is 64.4 Å². The smallest absolute Gasteiger partial charge is 0.125 e. The number of aliphatic imine (C=N–C) groups is 1. The first kappa shape index (κ1) is 11.0. The lowest BCUT2D eigenvalue weighted by Gasteiger charge is -1.95. The minimum Gasteiger partial charge on any atom is -0.256 e. The molecule has 0 saturated carbocycles. The fourth-order valence-corrected chi connectivity index (χ4v) is 1.52. The zero-order chi connectivity index (χ0) is 11.4. The zero-order valence-electron chi connectivity index (χ0n) is 8.40. The normalized spacial score (nSPS) is 10.9. The van der Waals surface area contributed by atoms with Crippen LogP contribution in [0.3, 0.4) is 0 Å². The van der Waals surface area contributed by atoms with Gasteiger partial charge in [-0.15, -0.1) is 0 Å². The molecule has 0 fully saturated rings. The Morgan fingerprint density at radius 3 is 2.50 bits per heavy atom. The predicted molar refractivity (Wildman–Crippen MR) is 67.8 cm³/mol.